The molecule has 0 atom stereocenters. The van der Waals surface area contributed by atoms with Crippen molar-refractivity contribution in [1.29, 1.82) is 0 Å². The molecule has 0 heterocycles. The topological polar surface area (TPSA) is 37.3 Å². The van der Waals surface area contributed by atoms with E-state index >= 15 is 0 Å². The standard InChI is InChI=1S/C22H32O2/c1-17(11-7-13-21(23)24)9-6-10-18(2)14-15-20-19(3)12-8-16-22(20,4)5/h6,9-11,14-15H,7-8,12-13,16H2,1-5H3,(H,23,24). The number of rotatable bonds is 7. The molecular weight excluding hydrogens is 296 g/mol. The third kappa shape index (κ3) is 7.16. The first-order chi connectivity index (χ1) is 11.2. The summed E-state index contributed by atoms with van der Waals surface area (Å²) in [5.74, 6) is -0.751. The van der Waals surface area contributed by atoms with Crippen molar-refractivity contribution in [2.75, 3.05) is 0 Å². The van der Waals surface area contributed by atoms with Crippen LogP contribution in [0.1, 0.15) is 66.7 Å². The van der Waals surface area contributed by atoms with Crippen LogP contribution >= 0.6 is 0 Å². The van der Waals surface area contributed by atoms with Crippen molar-refractivity contribution in [3.8, 4) is 0 Å². The van der Waals surface area contributed by atoms with E-state index in [4.69, 9.17) is 5.11 Å². The summed E-state index contributed by atoms with van der Waals surface area (Å²) in [6.07, 6.45) is 17.1. The van der Waals surface area contributed by atoms with Crippen molar-refractivity contribution < 1.29 is 9.90 Å². The molecule has 24 heavy (non-hydrogen) atoms. The van der Waals surface area contributed by atoms with Gasteiger partial charge in [-0.1, -0.05) is 67.0 Å². The highest BCUT2D eigenvalue weighted by molar-refractivity contribution is 5.66. The molecule has 0 aliphatic heterocycles. The molecule has 0 aromatic heterocycles. The van der Waals surface area contributed by atoms with Crippen LogP contribution in [0.4, 0.5) is 0 Å². The van der Waals surface area contributed by atoms with Gasteiger partial charge in [0.1, 0.15) is 0 Å². The van der Waals surface area contributed by atoms with E-state index in [0.29, 0.717) is 6.42 Å². The molecule has 0 unspecified atom stereocenters. The molecule has 1 aliphatic rings. The normalized spacial score (nSPS) is 19.5. The van der Waals surface area contributed by atoms with Gasteiger partial charge in [-0.25, -0.2) is 0 Å². The zero-order valence-corrected chi connectivity index (χ0v) is 15.9. The summed E-state index contributed by atoms with van der Waals surface area (Å²) in [6.45, 7) is 11.0. The second-order valence-corrected chi connectivity index (χ2v) is 7.42. The molecule has 0 spiro atoms. The lowest BCUT2D eigenvalue weighted by Gasteiger charge is -2.32. The summed E-state index contributed by atoms with van der Waals surface area (Å²) in [5.41, 5.74) is 5.58. The second kappa shape index (κ2) is 9.46. The van der Waals surface area contributed by atoms with Crippen molar-refractivity contribution in [2.24, 2.45) is 5.41 Å². The van der Waals surface area contributed by atoms with Crippen LogP contribution < -0.4 is 0 Å². The lowest BCUT2D eigenvalue weighted by Crippen LogP contribution is -2.19. The fraction of sp³-hybridized carbons (Fsp3) is 0.500. The highest BCUT2D eigenvalue weighted by Gasteiger charge is 2.26. The van der Waals surface area contributed by atoms with Gasteiger partial charge < -0.3 is 5.11 Å². The number of hydrogen-bond acceptors (Lipinski definition) is 1. The van der Waals surface area contributed by atoms with Gasteiger partial charge in [0, 0.05) is 6.42 Å². The monoisotopic (exact) mass is 328 g/mol. The molecule has 0 saturated carbocycles. The molecule has 0 aromatic rings. The molecule has 0 fully saturated rings. The Bertz CT molecular complexity index is 595. The summed E-state index contributed by atoms with van der Waals surface area (Å²) in [4.78, 5) is 10.5. The van der Waals surface area contributed by atoms with Crippen LogP contribution in [-0.2, 0) is 4.79 Å². The number of hydrogen-bond donors (Lipinski definition) is 1. The van der Waals surface area contributed by atoms with Gasteiger partial charge in [-0.3, -0.25) is 4.79 Å². The maximum absolute atomic E-state index is 10.5. The van der Waals surface area contributed by atoms with E-state index in [9.17, 15) is 4.79 Å². The van der Waals surface area contributed by atoms with Crippen molar-refractivity contribution in [1.82, 2.24) is 0 Å². The summed E-state index contributed by atoms with van der Waals surface area (Å²) >= 11 is 0. The molecule has 2 heteroatoms. The van der Waals surface area contributed by atoms with Gasteiger partial charge in [0.05, 0.1) is 0 Å². The van der Waals surface area contributed by atoms with Crippen LogP contribution in [0.5, 0.6) is 0 Å². The molecule has 1 N–H and O–H groups in total. The molecule has 132 valence electrons. The van der Waals surface area contributed by atoms with Crippen LogP contribution in [0.2, 0.25) is 0 Å². The average Bonchev–Trinajstić information content (AvgIpc) is 2.45. The van der Waals surface area contributed by atoms with Gasteiger partial charge in [-0.05, 0) is 57.4 Å². The minimum Gasteiger partial charge on any atom is -0.481 e. The smallest absolute Gasteiger partial charge is 0.303 e. The lowest BCUT2D eigenvalue weighted by atomic mass is 9.72. The van der Waals surface area contributed by atoms with Gasteiger partial charge in [-0.2, -0.15) is 0 Å². The molecule has 0 saturated heterocycles. The summed E-state index contributed by atoms with van der Waals surface area (Å²) in [6, 6.07) is 0. The van der Waals surface area contributed by atoms with Gasteiger partial charge in [0.2, 0.25) is 0 Å². The van der Waals surface area contributed by atoms with Gasteiger partial charge in [0.15, 0.2) is 0 Å². The van der Waals surface area contributed by atoms with Crippen molar-refractivity contribution in [3.05, 3.63) is 58.7 Å². The van der Waals surface area contributed by atoms with Crippen LogP contribution in [-0.4, -0.2) is 11.1 Å². The Labute approximate surface area is 147 Å². The second-order valence-electron chi connectivity index (χ2n) is 7.42. The van der Waals surface area contributed by atoms with Crippen LogP contribution in [0.25, 0.3) is 0 Å². The predicted molar refractivity (Wildman–Crippen MR) is 103 cm³/mol. The zero-order chi connectivity index (χ0) is 18.2. The predicted octanol–water partition coefficient (Wildman–Crippen LogP) is 6.38. The first-order valence-corrected chi connectivity index (χ1v) is 8.84. The van der Waals surface area contributed by atoms with Gasteiger partial charge in [0.25, 0.3) is 0 Å². The van der Waals surface area contributed by atoms with E-state index in [0.717, 1.165) is 5.57 Å². The number of carbonyl (C=O) groups is 1. The number of aliphatic carboxylic acids is 1. The molecule has 0 bridgehead atoms. The average molecular weight is 328 g/mol. The first-order valence-electron chi connectivity index (χ1n) is 8.84. The van der Waals surface area contributed by atoms with Crippen molar-refractivity contribution in [3.63, 3.8) is 0 Å². The number of allylic oxidation sites excluding steroid dienone is 10. The number of carboxylic acid groups (broad SMARTS) is 1. The van der Waals surface area contributed by atoms with Crippen molar-refractivity contribution in [2.45, 2.75) is 66.7 Å². The Morgan fingerprint density at radius 1 is 1.21 bits per heavy atom. The molecule has 2 nitrogen and oxygen atoms in total. The third-order valence-corrected chi connectivity index (χ3v) is 4.60. The van der Waals surface area contributed by atoms with Crippen LogP contribution in [0, 0.1) is 5.41 Å². The molecule has 0 radical (unpaired) electrons. The summed E-state index contributed by atoms with van der Waals surface area (Å²) in [5, 5.41) is 8.63. The zero-order valence-electron chi connectivity index (χ0n) is 15.9. The van der Waals surface area contributed by atoms with E-state index < -0.39 is 5.97 Å². The number of carboxylic acids is 1. The van der Waals surface area contributed by atoms with E-state index in [1.807, 2.05) is 25.2 Å². The van der Waals surface area contributed by atoms with Gasteiger partial charge in [-0.15, -0.1) is 0 Å². The lowest BCUT2D eigenvalue weighted by molar-refractivity contribution is -0.136. The Kier molecular flexibility index (Phi) is 7.97. The highest BCUT2D eigenvalue weighted by atomic mass is 16.4. The van der Waals surface area contributed by atoms with E-state index in [-0.39, 0.29) is 11.8 Å². The van der Waals surface area contributed by atoms with Gasteiger partial charge >= 0.3 is 5.97 Å². The summed E-state index contributed by atoms with van der Waals surface area (Å²) < 4.78 is 0. The maximum atomic E-state index is 10.5. The maximum Gasteiger partial charge on any atom is 0.303 e. The molecular formula is C22H32O2. The largest absolute Gasteiger partial charge is 0.481 e. The van der Waals surface area contributed by atoms with Crippen LogP contribution in [0.3, 0.4) is 0 Å². The molecule has 1 aliphatic carbocycles. The molecule has 0 amide bonds. The summed E-state index contributed by atoms with van der Waals surface area (Å²) in [7, 11) is 0. The molecule has 1 rings (SSSR count). The SMILES string of the molecule is CC(C=CC1=C(C)CCCC1(C)C)=CC=CC(C)=CCCC(=O)O. The van der Waals surface area contributed by atoms with Crippen molar-refractivity contribution >= 4 is 5.97 Å². The van der Waals surface area contributed by atoms with E-state index in [1.165, 1.54) is 36.0 Å². The Hall–Kier alpha value is -1.83. The third-order valence-electron chi connectivity index (χ3n) is 4.60. The fourth-order valence-electron chi connectivity index (χ4n) is 3.12. The Morgan fingerprint density at radius 3 is 2.54 bits per heavy atom. The van der Waals surface area contributed by atoms with E-state index in [2.05, 4.69) is 45.9 Å². The van der Waals surface area contributed by atoms with Crippen LogP contribution in [0.15, 0.2) is 58.7 Å². The quantitative estimate of drug-likeness (QED) is 0.550. The van der Waals surface area contributed by atoms with E-state index in [1.54, 1.807) is 0 Å². The fourth-order valence-corrected chi connectivity index (χ4v) is 3.12. The minimum absolute atomic E-state index is 0.188. The Morgan fingerprint density at radius 2 is 1.92 bits per heavy atom. The Balaban J connectivity index is 2.67. The first kappa shape index (κ1) is 20.2. The minimum atomic E-state index is -0.751. The molecule has 0 aromatic carbocycles. The highest BCUT2D eigenvalue weighted by Crippen LogP contribution is 2.40.